The predicted molar refractivity (Wildman–Crippen MR) is 125 cm³/mol. The fraction of sp³-hybridized carbons (Fsp3) is 0.440. The molecule has 3 rings (SSSR count). The first-order valence-electron chi connectivity index (χ1n) is 11.2. The molecule has 2 unspecified atom stereocenters. The number of hydrogen-bond donors (Lipinski definition) is 1. The highest BCUT2D eigenvalue weighted by molar-refractivity contribution is 7.99. The Labute approximate surface area is 196 Å². The quantitative estimate of drug-likeness (QED) is 0.476. The lowest BCUT2D eigenvalue weighted by atomic mass is 10.1. The van der Waals surface area contributed by atoms with E-state index in [1.807, 2.05) is 19.1 Å². The van der Waals surface area contributed by atoms with Crippen molar-refractivity contribution in [3.63, 3.8) is 0 Å². The zero-order chi connectivity index (χ0) is 24.0. The minimum Gasteiger partial charge on any atom is -0.354 e. The van der Waals surface area contributed by atoms with E-state index in [0.717, 1.165) is 43.4 Å². The summed E-state index contributed by atoms with van der Waals surface area (Å²) in [5, 5.41) is 2.39. The van der Waals surface area contributed by atoms with Crippen LogP contribution in [0.15, 0.2) is 48.5 Å². The molecular weight excluding hydrogens is 449 g/mol. The van der Waals surface area contributed by atoms with Crippen LogP contribution in [0.3, 0.4) is 0 Å². The number of carbonyl (C=O) groups is 2. The molecule has 0 aliphatic carbocycles. The molecule has 178 valence electrons. The predicted octanol–water partition coefficient (Wildman–Crippen LogP) is 5.97. The first kappa shape index (κ1) is 25.1. The average molecular weight is 479 g/mol. The largest absolute Gasteiger partial charge is 0.416 e. The number of benzene rings is 2. The molecule has 0 bridgehead atoms. The summed E-state index contributed by atoms with van der Waals surface area (Å²) >= 11 is 1.39. The molecular formula is C25H29F3N2O2S. The van der Waals surface area contributed by atoms with Crippen LogP contribution < -0.4 is 5.32 Å². The molecule has 2 amide bonds. The van der Waals surface area contributed by atoms with Gasteiger partial charge in [0.15, 0.2) is 0 Å². The molecule has 4 nitrogen and oxygen atoms in total. The molecule has 1 saturated heterocycles. The summed E-state index contributed by atoms with van der Waals surface area (Å²) in [5.74, 6) is -0.158. The SMILES string of the molecule is CCCCCCNC(=O)C1CSC(c2ccc(C(F)(F)F)cc2)N1C(=O)c1ccc(C)cc1. The Morgan fingerprint density at radius 2 is 1.70 bits per heavy atom. The van der Waals surface area contributed by atoms with Crippen molar-refractivity contribution < 1.29 is 22.8 Å². The summed E-state index contributed by atoms with van der Waals surface area (Å²) in [6, 6.07) is 11.2. The van der Waals surface area contributed by atoms with Crippen LogP contribution in [-0.4, -0.2) is 35.1 Å². The van der Waals surface area contributed by atoms with Gasteiger partial charge in [0.2, 0.25) is 5.91 Å². The van der Waals surface area contributed by atoms with Crippen molar-refractivity contribution in [3.05, 3.63) is 70.8 Å². The van der Waals surface area contributed by atoms with Gasteiger partial charge in [-0.25, -0.2) is 0 Å². The molecule has 1 N–H and O–H groups in total. The lowest BCUT2D eigenvalue weighted by molar-refractivity contribution is -0.137. The van der Waals surface area contributed by atoms with E-state index in [1.165, 1.54) is 28.8 Å². The van der Waals surface area contributed by atoms with Crippen LogP contribution >= 0.6 is 11.8 Å². The van der Waals surface area contributed by atoms with E-state index in [4.69, 9.17) is 0 Å². The molecule has 1 heterocycles. The van der Waals surface area contributed by atoms with Crippen molar-refractivity contribution in [2.45, 2.75) is 57.1 Å². The first-order chi connectivity index (χ1) is 15.7. The van der Waals surface area contributed by atoms with Gasteiger partial charge in [0.1, 0.15) is 11.4 Å². The lowest BCUT2D eigenvalue weighted by Crippen LogP contribution is -2.48. The van der Waals surface area contributed by atoms with Gasteiger partial charge < -0.3 is 10.2 Å². The number of aryl methyl sites for hydroxylation is 1. The Bertz CT molecular complexity index is 946. The molecule has 1 aliphatic heterocycles. The number of rotatable bonds is 8. The van der Waals surface area contributed by atoms with Crippen molar-refractivity contribution >= 4 is 23.6 Å². The summed E-state index contributed by atoms with van der Waals surface area (Å²) in [6.45, 7) is 4.57. The highest BCUT2D eigenvalue weighted by atomic mass is 32.2. The third-order valence-corrected chi connectivity index (χ3v) is 7.01. The Hall–Kier alpha value is -2.48. The van der Waals surface area contributed by atoms with E-state index in [0.29, 0.717) is 23.4 Å². The summed E-state index contributed by atoms with van der Waals surface area (Å²) in [5.41, 5.74) is 1.27. The molecule has 0 spiro atoms. The van der Waals surface area contributed by atoms with Crippen LogP contribution in [0.4, 0.5) is 13.2 Å². The fourth-order valence-electron chi connectivity index (χ4n) is 3.78. The molecule has 1 aliphatic rings. The van der Waals surface area contributed by atoms with Gasteiger partial charge in [-0.2, -0.15) is 13.2 Å². The molecule has 0 saturated carbocycles. The zero-order valence-corrected chi connectivity index (χ0v) is 19.6. The maximum absolute atomic E-state index is 13.5. The Morgan fingerprint density at radius 1 is 1.03 bits per heavy atom. The van der Waals surface area contributed by atoms with Crippen LogP contribution in [0.1, 0.15) is 65.0 Å². The highest BCUT2D eigenvalue weighted by Crippen LogP contribution is 2.43. The number of nitrogens with one attached hydrogen (secondary N) is 1. The number of nitrogens with zero attached hydrogens (tertiary/aromatic N) is 1. The van der Waals surface area contributed by atoms with E-state index in [1.54, 1.807) is 12.1 Å². The van der Waals surface area contributed by atoms with Crippen LogP contribution in [0.25, 0.3) is 0 Å². The monoisotopic (exact) mass is 478 g/mol. The van der Waals surface area contributed by atoms with Gasteiger partial charge in [-0.15, -0.1) is 11.8 Å². The van der Waals surface area contributed by atoms with Gasteiger partial charge in [-0.05, 0) is 43.2 Å². The van der Waals surface area contributed by atoms with Gasteiger partial charge in [0.25, 0.3) is 5.91 Å². The molecule has 2 atom stereocenters. The van der Waals surface area contributed by atoms with E-state index < -0.39 is 23.2 Å². The van der Waals surface area contributed by atoms with Crippen LogP contribution in [-0.2, 0) is 11.0 Å². The summed E-state index contributed by atoms with van der Waals surface area (Å²) in [7, 11) is 0. The van der Waals surface area contributed by atoms with Crippen molar-refractivity contribution in [2.75, 3.05) is 12.3 Å². The summed E-state index contributed by atoms with van der Waals surface area (Å²) in [6.07, 6.45) is -0.340. The normalized spacial score (nSPS) is 18.4. The number of thioether (sulfide) groups is 1. The third kappa shape index (κ3) is 6.31. The average Bonchev–Trinajstić information content (AvgIpc) is 3.23. The number of carbonyl (C=O) groups excluding carboxylic acids is 2. The van der Waals surface area contributed by atoms with E-state index in [-0.39, 0.29) is 11.8 Å². The van der Waals surface area contributed by atoms with Crippen molar-refractivity contribution in [3.8, 4) is 0 Å². The molecule has 2 aromatic rings. The van der Waals surface area contributed by atoms with Crippen molar-refractivity contribution in [1.29, 1.82) is 0 Å². The lowest BCUT2D eigenvalue weighted by Gasteiger charge is -2.29. The molecule has 2 aromatic carbocycles. The molecule has 33 heavy (non-hydrogen) atoms. The number of alkyl halides is 3. The number of hydrogen-bond acceptors (Lipinski definition) is 3. The van der Waals surface area contributed by atoms with E-state index >= 15 is 0 Å². The van der Waals surface area contributed by atoms with Gasteiger partial charge in [0, 0.05) is 17.9 Å². The fourth-order valence-corrected chi connectivity index (χ4v) is 5.21. The number of amides is 2. The number of unbranched alkanes of at least 4 members (excludes halogenated alkanes) is 3. The van der Waals surface area contributed by atoms with E-state index in [9.17, 15) is 22.8 Å². The second kappa shape index (κ2) is 11.1. The van der Waals surface area contributed by atoms with Crippen LogP contribution in [0.5, 0.6) is 0 Å². The van der Waals surface area contributed by atoms with Gasteiger partial charge in [-0.1, -0.05) is 56.0 Å². The smallest absolute Gasteiger partial charge is 0.354 e. The van der Waals surface area contributed by atoms with Gasteiger partial charge in [0.05, 0.1) is 5.56 Å². The first-order valence-corrected chi connectivity index (χ1v) is 12.2. The molecule has 1 fully saturated rings. The Balaban J connectivity index is 1.83. The van der Waals surface area contributed by atoms with Gasteiger partial charge >= 0.3 is 6.18 Å². The minimum absolute atomic E-state index is 0.228. The minimum atomic E-state index is -4.43. The van der Waals surface area contributed by atoms with Gasteiger partial charge in [-0.3, -0.25) is 9.59 Å². The second-order valence-electron chi connectivity index (χ2n) is 8.25. The highest BCUT2D eigenvalue weighted by Gasteiger charge is 2.42. The van der Waals surface area contributed by atoms with Crippen molar-refractivity contribution in [1.82, 2.24) is 10.2 Å². The summed E-state index contributed by atoms with van der Waals surface area (Å²) < 4.78 is 39.0. The van der Waals surface area contributed by atoms with Crippen LogP contribution in [0, 0.1) is 6.92 Å². The molecule has 0 aromatic heterocycles. The third-order valence-electron chi connectivity index (χ3n) is 5.69. The topological polar surface area (TPSA) is 49.4 Å². The van der Waals surface area contributed by atoms with Crippen LogP contribution in [0.2, 0.25) is 0 Å². The number of halogens is 3. The maximum atomic E-state index is 13.5. The second-order valence-corrected chi connectivity index (χ2v) is 9.36. The molecule has 0 radical (unpaired) electrons. The summed E-state index contributed by atoms with van der Waals surface area (Å²) in [4.78, 5) is 27.9. The zero-order valence-electron chi connectivity index (χ0n) is 18.8. The Kier molecular flexibility index (Phi) is 8.46. The Morgan fingerprint density at radius 3 is 2.30 bits per heavy atom. The maximum Gasteiger partial charge on any atom is 0.416 e. The standard InChI is InChI=1S/C25H29F3N2O2S/c1-3-4-5-6-15-29-22(31)21-16-33-24(19-11-13-20(14-12-19)25(26,27)28)30(21)23(32)18-9-7-17(2)8-10-18/h7-14,21,24H,3-6,15-16H2,1-2H3,(H,29,31). The molecule has 8 heteroatoms. The van der Waals surface area contributed by atoms with E-state index in [2.05, 4.69) is 12.2 Å². The van der Waals surface area contributed by atoms with Crippen molar-refractivity contribution in [2.24, 2.45) is 0 Å².